The maximum absolute atomic E-state index is 11.9. The molecule has 0 spiro atoms. The standard InChI is InChI=1S/C13H18N2O2/c1-11-4-3-5-12(10-11)17-13(16)15-8-6-14(2)7-9-15/h3-5,10H,6-9H2,1-2H3. The second-order valence-corrected chi connectivity index (χ2v) is 4.47. The third-order valence-corrected chi connectivity index (χ3v) is 2.96. The van der Waals surface area contributed by atoms with E-state index in [2.05, 4.69) is 11.9 Å². The van der Waals surface area contributed by atoms with E-state index in [1.807, 2.05) is 25.1 Å². The summed E-state index contributed by atoms with van der Waals surface area (Å²) in [7, 11) is 2.06. The highest BCUT2D eigenvalue weighted by Gasteiger charge is 2.20. The molecule has 0 bridgehead atoms. The second-order valence-electron chi connectivity index (χ2n) is 4.47. The van der Waals surface area contributed by atoms with E-state index in [0.29, 0.717) is 5.75 Å². The number of ether oxygens (including phenoxy) is 1. The molecule has 0 N–H and O–H groups in total. The number of hydrogen-bond donors (Lipinski definition) is 0. The van der Waals surface area contributed by atoms with Crippen LogP contribution in [0.1, 0.15) is 5.56 Å². The molecule has 0 aromatic heterocycles. The van der Waals surface area contributed by atoms with Gasteiger partial charge in [-0.2, -0.15) is 0 Å². The molecular formula is C13H18N2O2. The van der Waals surface area contributed by atoms with Gasteiger partial charge in [0.25, 0.3) is 0 Å². The zero-order chi connectivity index (χ0) is 12.3. The minimum Gasteiger partial charge on any atom is -0.410 e. The monoisotopic (exact) mass is 234 g/mol. The second kappa shape index (κ2) is 5.19. The Morgan fingerprint density at radius 2 is 1.94 bits per heavy atom. The average Bonchev–Trinajstić information content (AvgIpc) is 2.29. The molecule has 2 rings (SSSR count). The van der Waals surface area contributed by atoms with Crippen molar-refractivity contribution in [1.29, 1.82) is 0 Å². The zero-order valence-electron chi connectivity index (χ0n) is 10.3. The molecule has 92 valence electrons. The number of amides is 1. The number of carbonyl (C=O) groups excluding carboxylic acids is 1. The lowest BCUT2D eigenvalue weighted by Gasteiger charge is -2.31. The van der Waals surface area contributed by atoms with Gasteiger partial charge >= 0.3 is 6.09 Å². The van der Waals surface area contributed by atoms with Gasteiger partial charge in [-0.25, -0.2) is 4.79 Å². The highest BCUT2D eigenvalue weighted by molar-refractivity contribution is 5.70. The van der Waals surface area contributed by atoms with E-state index in [-0.39, 0.29) is 6.09 Å². The summed E-state index contributed by atoms with van der Waals surface area (Å²) in [4.78, 5) is 15.8. The summed E-state index contributed by atoms with van der Waals surface area (Å²) < 4.78 is 5.34. The van der Waals surface area contributed by atoms with Gasteiger partial charge < -0.3 is 14.5 Å². The van der Waals surface area contributed by atoms with Gasteiger partial charge in [0.05, 0.1) is 0 Å². The summed E-state index contributed by atoms with van der Waals surface area (Å²) in [6, 6.07) is 7.55. The van der Waals surface area contributed by atoms with Crippen LogP contribution in [-0.2, 0) is 0 Å². The lowest BCUT2D eigenvalue weighted by Crippen LogP contribution is -2.48. The fourth-order valence-corrected chi connectivity index (χ4v) is 1.83. The summed E-state index contributed by atoms with van der Waals surface area (Å²) in [5.41, 5.74) is 1.09. The molecule has 1 aliphatic rings. The Hall–Kier alpha value is -1.55. The van der Waals surface area contributed by atoms with Crippen molar-refractivity contribution in [2.24, 2.45) is 0 Å². The van der Waals surface area contributed by atoms with Crippen LogP contribution >= 0.6 is 0 Å². The summed E-state index contributed by atoms with van der Waals surface area (Å²) in [6.45, 7) is 5.27. The molecule has 1 amide bonds. The Morgan fingerprint density at radius 3 is 2.59 bits per heavy atom. The molecule has 0 saturated carbocycles. The highest BCUT2D eigenvalue weighted by atomic mass is 16.6. The summed E-state index contributed by atoms with van der Waals surface area (Å²) in [6.07, 6.45) is -0.247. The summed E-state index contributed by atoms with van der Waals surface area (Å²) in [5, 5.41) is 0. The van der Waals surface area contributed by atoms with Crippen molar-refractivity contribution < 1.29 is 9.53 Å². The topological polar surface area (TPSA) is 32.8 Å². The van der Waals surface area contributed by atoms with Crippen molar-refractivity contribution in [3.63, 3.8) is 0 Å². The maximum atomic E-state index is 11.9. The van der Waals surface area contributed by atoms with Crippen LogP contribution in [-0.4, -0.2) is 49.1 Å². The molecular weight excluding hydrogens is 216 g/mol. The molecule has 1 aliphatic heterocycles. The normalized spacial score (nSPS) is 16.9. The van der Waals surface area contributed by atoms with Crippen LogP contribution in [0, 0.1) is 6.92 Å². The van der Waals surface area contributed by atoms with Gasteiger partial charge in [-0.3, -0.25) is 0 Å². The zero-order valence-corrected chi connectivity index (χ0v) is 10.3. The third-order valence-electron chi connectivity index (χ3n) is 2.96. The van der Waals surface area contributed by atoms with Gasteiger partial charge in [0.15, 0.2) is 0 Å². The molecule has 1 aromatic rings. The van der Waals surface area contributed by atoms with Crippen molar-refractivity contribution in [2.75, 3.05) is 33.2 Å². The first-order chi connectivity index (χ1) is 8.15. The molecule has 1 fully saturated rings. The Labute approximate surface area is 102 Å². The van der Waals surface area contributed by atoms with Crippen LogP contribution in [0.4, 0.5) is 4.79 Å². The Kier molecular flexibility index (Phi) is 3.64. The minimum absolute atomic E-state index is 0.247. The third kappa shape index (κ3) is 3.20. The van der Waals surface area contributed by atoms with E-state index in [1.54, 1.807) is 11.0 Å². The molecule has 1 heterocycles. The average molecular weight is 234 g/mol. The van der Waals surface area contributed by atoms with E-state index in [1.165, 1.54) is 0 Å². The van der Waals surface area contributed by atoms with Gasteiger partial charge in [0.2, 0.25) is 0 Å². The number of hydrogen-bond acceptors (Lipinski definition) is 3. The van der Waals surface area contributed by atoms with Gasteiger partial charge in [0.1, 0.15) is 5.75 Å². The quantitative estimate of drug-likeness (QED) is 0.742. The van der Waals surface area contributed by atoms with Crippen molar-refractivity contribution in [2.45, 2.75) is 6.92 Å². The number of likely N-dealkylation sites (N-methyl/N-ethyl adjacent to an activating group) is 1. The van der Waals surface area contributed by atoms with Gasteiger partial charge in [-0.05, 0) is 31.7 Å². The van der Waals surface area contributed by atoms with Crippen molar-refractivity contribution in [3.05, 3.63) is 29.8 Å². The Morgan fingerprint density at radius 1 is 1.24 bits per heavy atom. The van der Waals surface area contributed by atoms with Crippen LogP contribution in [0.15, 0.2) is 24.3 Å². The fourth-order valence-electron chi connectivity index (χ4n) is 1.83. The van der Waals surface area contributed by atoms with Crippen molar-refractivity contribution in [1.82, 2.24) is 9.80 Å². The van der Waals surface area contributed by atoms with Crippen molar-refractivity contribution in [3.8, 4) is 5.75 Å². The number of carbonyl (C=O) groups is 1. The van der Waals surface area contributed by atoms with E-state index in [0.717, 1.165) is 31.7 Å². The van der Waals surface area contributed by atoms with Crippen LogP contribution in [0.2, 0.25) is 0 Å². The van der Waals surface area contributed by atoms with Crippen LogP contribution in [0.25, 0.3) is 0 Å². The Balaban J connectivity index is 1.93. The molecule has 17 heavy (non-hydrogen) atoms. The molecule has 4 nitrogen and oxygen atoms in total. The maximum Gasteiger partial charge on any atom is 0.415 e. The minimum atomic E-state index is -0.247. The van der Waals surface area contributed by atoms with E-state index in [9.17, 15) is 4.79 Å². The number of nitrogens with zero attached hydrogens (tertiary/aromatic N) is 2. The summed E-state index contributed by atoms with van der Waals surface area (Å²) >= 11 is 0. The predicted octanol–water partition coefficient (Wildman–Crippen LogP) is 1.74. The first-order valence-corrected chi connectivity index (χ1v) is 5.87. The molecule has 1 saturated heterocycles. The number of piperazine rings is 1. The smallest absolute Gasteiger partial charge is 0.410 e. The van der Waals surface area contributed by atoms with Gasteiger partial charge in [-0.1, -0.05) is 12.1 Å². The fraction of sp³-hybridized carbons (Fsp3) is 0.462. The van der Waals surface area contributed by atoms with Crippen LogP contribution in [0.3, 0.4) is 0 Å². The molecule has 0 atom stereocenters. The van der Waals surface area contributed by atoms with Crippen LogP contribution in [0.5, 0.6) is 5.75 Å². The highest BCUT2D eigenvalue weighted by Crippen LogP contribution is 2.14. The number of rotatable bonds is 1. The number of aryl methyl sites for hydroxylation is 1. The molecule has 0 aliphatic carbocycles. The molecule has 0 unspecified atom stereocenters. The SMILES string of the molecule is Cc1cccc(OC(=O)N2CCN(C)CC2)c1. The lowest BCUT2D eigenvalue weighted by atomic mass is 10.2. The van der Waals surface area contributed by atoms with Crippen LogP contribution < -0.4 is 4.74 Å². The molecule has 4 heteroatoms. The largest absolute Gasteiger partial charge is 0.415 e. The number of benzene rings is 1. The van der Waals surface area contributed by atoms with E-state index >= 15 is 0 Å². The van der Waals surface area contributed by atoms with Gasteiger partial charge in [-0.15, -0.1) is 0 Å². The van der Waals surface area contributed by atoms with E-state index < -0.39 is 0 Å². The van der Waals surface area contributed by atoms with E-state index in [4.69, 9.17) is 4.74 Å². The lowest BCUT2D eigenvalue weighted by molar-refractivity contribution is 0.120. The molecule has 1 aromatic carbocycles. The predicted molar refractivity (Wildman–Crippen MR) is 66.3 cm³/mol. The van der Waals surface area contributed by atoms with Gasteiger partial charge in [0, 0.05) is 26.2 Å². The summed E-state index contributed by atoms with van der Waals surface area (Å²) in [5.74, 6) is 0.619. The van der Waals surface area contributed by atoms with Crippen molar-refractivity contribution >= 4 is 6.09 Å². The first kappa shape index (κ1) is 11.9. The Bertz CT molecular complexity index is 398. The first-order valence-electron chi connectivity index (χ1n) is 5.87. The molecule has 0 radical (unpaired) electrons.